The zero-order valence-corrected chi connectivity index (χ0v) is 21.3. The van der Waals surface area contributed by atoms with Crippen LogP contribution in [0.25, 0.3) is 16.6 Å². The van der Waals surface area contributed by atoms with Crippen molar-refractivity contribution < 1.29 is 14.6 Å². The van der Waals surface area contributed by atoms with Gasteiger partial charge in [0.15, 0.2) is 16.7 Å². The lowest BCUT2D eigenvalue weighted by Crippen LogP contribution is -2.24. The van der Waals surface area contributed by atoms with Crippen LogP contribution in [0.3, 0.4) is 0 Å². The van der Waals surface area contributed by atoms with Crippen LogP contribution in [0.5, 0.6) is 11.5 Å². The first-order valence-corrected chi connectivity index (χ1v) is 12.3. The Hall–Kier alpha value is -3.63. The van der Waals surface area contributed by atoms with Crippen molar-refractivity contribution in [3.8, 4) is 17.2 Å². The maximum atomic E-state index is 13.3. The van der Waals surface area contributed by atoms with Crippen LogP contribution in [0.4, 0.5) is 0 Å². The number of carbonyl (C=O) groups excluding carboxylic acids is 1. The summed E-state index contributed by atoms with van der Waals surface area (Å²) in [5, 5.41) is 14.8. The summed E-state index contributed by atoms with van der Waals surface area (Å²) < 4.78 is 7.50. The second-order valence-electron chi connectivity index (χ2n) is 7.44. The molecular weight excluding hydrogens is 532 g/mol. The van der Waals surface area contributed by atoms with E-state index in [-0.39, 0.29) is 23.0 Å². The lowest BCUT2D eigenvalue weighted by atomic mass is 10.1. The summed E-state index contributed by atoms with van der Waals surface area (Å²) in [6, 6.07) is 19.2. The molecule has 0 aliphatic rings. The molecule has 4 aromatic rings. The Morgan fingerprint density at radius 3 is 2.66 bits per heavy atom. The first-order valence-electron chi connectivity index (χ1n) is 10.5. The summed E-state index contributed by atoms with van der Waals surface area (Å²) in [6.45, 7) is 1.73. The van der Waals surface area contributed by atoms with Crippen LogP contribution >= 0.6 is 27.7 Å². The Balaban J connectivity index is 1.56. The molecule has 10 heteroatoms. The monoisotopic (exact) mass is 552 g/mol. The van der Waals surface area contributed by atoms with Crippen LogP contribution in [0.15, 0.2) is 86.3 Å². The largest absolute Gasteiger partial charge is 0.504 e. The van der Waals surface area contributed by atoms with Gasteiger partial charge in [-0.15, -0.1) is 0 Å². The maximum Gasteiger partial charge on any atom is 0.266 e. The van der Waals surface area contributed by atoms with Crippen molar-refractivity contribution >= 4 is 50.2 Å². The molecule has 1 amide bonds. The van der Waals surface area contributed by atoms with Gasteiger partial charge in [-0.25, -0.2) is 10.4 Å². The van der Waals surface area contributed by atoms with E-state index in [4.69, 9.17) is 4.74 Å². The minimum absolute atomic E-state index is 0.00299. The average molecular weight is 553 g/mol. The molecule has 2 N–H and O–H groups in total. The number of nitrogens with zero attached hydrogens (tertiary/aromatic N) is 3. The van der Waals surface area contributed by atoms with Gasteiger partial charge < -0.3 is 9.84 Å². The third-order valence-corrected chi connectivity index (χ3v) is 6.58. The highest BCUT2D eigenvalue weighted by Crippen LogP contribution is 2.26. The molecule has 3 aromatic carbocycles. The van der Waals surface area contributed by atoms with Crippen molar-refractivity contribution in [3.63, 3.8) is 0 Å². The maximum absolute atomic E-state index is 13.3. The van der Waals surface area contributed by atoms with Crippen molar-refractivity contribution in [1.82, 2.24) is 15.0 Å². The Kier molecular flexibility index (Phi) is 7.52. The second-order valence-corrected chi connectivity index (χ2v) is 9.29. The van der Waals surface area contributed by atoms with E-state index in [1.807, 2.05) is 30.3 Å². The third-order valence-electron chi connectivity index (χ3n) is 5.11. The topological polar surface area (TPSA) is 106 Å². The van der Waals surface area contributed by atoms with Crippen molar-refractivity contribution in [2.24, 2.45) is 5.10 Å². The minimum atomic E-state index is -0.357. The van der Waals surface area contributed by atoms with E-state index in [0.29, 0.717) is 38.8 Å². The summed E-state index contributed by atoms with van der Waals surface area (Å²) in [5.74, 6) is -0.0296. The molecule has 178 valence electrons. The Bertz CT molecular complexity index is 1490. The summed E-state index contributed by atoms with van der Waals surface area (Å²) in [7, 11) is 1.46. The average Bonchev–Trinajstić information content (AvgIpc) is 2.87. The normalized spacial score (nSPS) is 11.5. The van der Waals surface area contributed by atoms with Crippen LogP contribution in [0, 0.1) is 0 Å². The van der Waals surface area contributed by atoms with Gasteiger partial charge in [0, 0.05) is 10.0 Å². The van der Waals surface area contributed by atoms with Gasteiger partial charge in [0.25, 0.3) is 11.5 Å². The molecule has 0 unspecified atom stereocenters. The Labute approximate surface area is 213 Å². The number of para-hydroxylation sites is 1. The molecule has 8 nitrogen and oxygen atoms in total. The molecule has 0 atom stereocenters. The summed E-state index contributed by atoms with van der Waals surface area (Å²) >= 11 is 4.55. The quantitative estimate of drug-likeness (QED) is 0.151. The zero-order valence-electron chi connectivity index (χ0n) is 18.9. The fourth-order valence-electron chi connectivity index (χ4n) is 3.30. The predicted octanol–water partition coefficient (Wildman–Crippen LogP) is 4.49. The first kappa shape index (κ1) is 24.5. The summed E-state index contributed by atoms with van der Waals surface area (Å²) in [5.41, 5.74) is 4.75. The number of rotatable bonds is 7. The van der Waals surface area contributed by atoms with Gasteiger partial charge >= 0.3 is 0 Å². The zero-order chi connectivity index (χ0) is 24.9. The van der Waals surface area contributed by atoms with E-state index in [0.717, 1.165) is 16.2 Å². The molecule has 0 saturated carbocycles. The molecule has 4 rings (SSSR count). The molecule has 1 aromatic heterocycles. The molecule has 0 aliphatic carbocycles. The SMILES string of the molecule is COc1cc(/C(C)=N\NC(=O)CSc2nc3ccccc3c(=O)n2-c2ccc(Br)cc2)ccc1O. The molecule has 0 radical (unpaired) electrons. The third kappa shape index (κ3) is 5.55. The number of fused-ring (bicyclic) bond motifs is 1. The minimum Gasteiger partial charge on any atom is -0.504 e. The number of ether oxygens (including phenoxy) is 1. The number of halogens is 1. The van der Waals surface area contributed by atoms with Gasteiger partial charge in [-0.2, -0.15) is 5.10 Å². The van der Waals surface area contributed by atoms with E-state index >= 15 is 0 Å². The van der Waals surface area contributed by atoms with E-state index in [2.05, 4.69) is 31.4 Å². The van der Waals surface area contributed by atoms with Gasteiger partial charge in [-0.1, -0.05) is 39.8 Å². The molecule has 0 saturated heterocycles. The van der Waals surface area contributed by atoms with Crippen LogP contribution in [-0.4, -0.2) is 39.1 Å². The van der Waals surface area contributed by atoms with Crippen molar-refractivity contribution in [1.29, 1.82) is 0 Å². The Morgan fingerprint density at radius 1 is 1.17 bits per heavy atom. The summed E-state index contributed by atoms with van der Waals surface area (Å²) in [6.07, 6.45) is 0. The smallest absolute Gasteiger partial charge is 0.266 e. The number of hydrogen-bond donors (Lipinski definition) is 2. The lowest BCUT2D eigenvalue weighted by Gasteiger charge is -2.13. The number of benzene rings is 3. The van der Waals surface area contributed by atoms with Crippen LogP contribution < -0.4 is 15.7 Å². The highest BCUT2D eigenvalue weighted by Gasteiger charge is 2.15. The lowest BCUT2D eigenvalue weighted by molar-refractivity contribution is -0.118. The van der Waals surface area contributed by atoms with Gasteiger partial charge in [-0.05, 0) is 61.5 Å². The van der Waals surface area contributed by atoms with Gasteiger partial charge in [0.05, 0.1) is 35.2 Å². The number of carbonyl (C=O) groups is 1. The van der Waals surface area contributed by atoms with Gasteiger partial charge in [-0.3, -0.25) is 14.2 Å². The Morgan fingerprint density at radius 2 is 1.91 bits per heavy atom. The van der Waals surface area contributed by atoms with Crippen molar-refractivity contribution in [2.75, 3.05) is 12.9 Å². The number of nitrogens with one attached hydrogen (secondary N) is 1. The van der Waals surface area contributed by atoms with Crippen LogP contribution in [0.2, 0.25) is 0 Å². The number of hydrogen-bond acceptors (Lipinski definition) is 7. The number of hydrazone groups is 1. The number of amides is 1. The molecular formula is C25H21BrN4O4S. The van der Waals surface area contributed by atoms with E-state index in [1.165, 1.54) is 17.7 Å². The number of thioether (sulfide) groups is 1. The number of aromatic nitrogens is 2. The van der Waals surface area contributed by atoms with Crippen LogP contribution in [-0.2, 0) is 4.79 Å². The molecule has 0 spiro atoms. The number of methoxy groups -OCH3 is 1. The predicted molar refractivity (Wildman–Crippen MR) is 141 cm³/mol. The standard InChI is InChI=1S/C25H21BrN4O4S/c1-15(16-7-12-21(31)22(13-16)34-2)28-29-23(32)14-35-25-27-20-6-4-3-5-19(20)24(33)30(25)18-10-8-17(26)9-11-18/h3-13,31H,14H2,1-2H3,(H,29,32)/b28-15-. The van der Waals surface area contributed by atoms with Gasteiger partial charge in [0.1, 0.15) is 0 Å². The van der Waals surface area contributed by atoms with Crippen LogP contribution in [0.1, 0.15) is 12.5 Å². The van der Waals surface area contributed by atoms with Crippen molar-refractivity contribution in [3.05, 3.63) is 87.1 Å². The molecule has 1 heterocycles. The molecule has 35 heavy (non-hydrogen) atoms. The van der Waals surface area contributed by atoms with Crippen molar-refractivity contribution in [2.45, 2.75) is 12.1 Å². The molecule has 0 bridgehead atoms. The summed E-state index contributed by atoms with van der Waals surface area (Å²) in [4.78, 5) is 30.5. The molecule has 0 fully saturated rings. The van der Waals surface area contributed by atoms with E-state index < -0.39 is 0 Å². The first-order chi connectivity index (χ1) is 16.9. The second kappa shape index (κ2) is 10.7. The highest BCUT2D eigenvalue weighted by atomic mass is 79.9. The molecule has 0 aliphatic heterocycles. The highest BCUT2D eigenvalue weighted by molar-refractivity contribution is 9.10. The van der Waals surface area contributed by atoms with Gasteiger partial charge in [0.2, 0.25) is 0 Å². The number of phenolic OH excluding ortho intramolecular Hbond substituents is 1. The van der Waals surface area contributed by atoms with E-state index in [1.54, 1.807) is 37.3 Å². The fourth-order valence-corrected chi connectivity index (χ4v) is 4.37. The fraction of sp³-hybridized carbons (Fsp3) is 0.120. The number of phenols is 1. The van der Waals surface area contributed by atoms with E-state index in [9.17, 15) is 14.7 Å². The number of aromatic hydroxyl groups is 1.